The number of fused-ring (bicyclic) bond motifs is 4. The van der Waals surface area contributed by atoms with Crippen molar-refractivity contribution in [2.75, 3.05) is 25.9 Å². The van der Waals surface area contributed by atoms with Gasteiger partial charge in [0.05, 0.1) is 18.6 Å². The number of carbonyl (C=O) groups is 1. The normalized spacial score (nSPS) is 31.3. The summed E-state index contributed by atoms with van der Waals surface area (Å²) in [6, 6.07) is 13.4. The van der Waals surface area contributed by atoms with Crippen LogP contribution in [0.2, 0.25) is 0 Å². The first kappa shape index (κ1) is 25.0. The third-order valence-corrected chi connectivity index (χ3v) is 11.8. The Morgan fingerprint density at radius 2 is 1.54 bits per heavy atom. The second kappa shape index (κ2) is 9.63. The Labute approximate surface area is 212 Å². The molecule has 0 heterocycles. The molecule has 6 rings (SSSR count). The highest BCUT2D eigenvalue weighted by Crippen LogP contribution is 2.53. The lowest BCUT2D eigenvalue weighted by Crippen LogP contribution is -2.56. The van der Waals surface area contributed by atoms with E-state index in [0.717, 1.165) is 56.1 Å². The summed E-state index contributed by atoms with van der Waals surface area (Å²) in [5, 5.41) is 7.29. The smallest absolute Gasteiger partial charge is 0.311 e. The number of carbonyl (C=O) groups excluding carboxylic acids is 1. The number of rotatable bonds is 7. The molecule has 1 N–H and O–H groups in total. The first-order valence-corrected chi connectivity index (χ1v) is 16.3. The van der Waals surface area contributed by atoms with Crippen LogP contribution in [0, 0.1) is 5.41 Å². The summed E-state index contributed by atoms with van der Waals surface area (Å²) in [6.07, 6.45) is 18.7. The molecular weight excluding hydrogens is 454 g/mol. The van der Waals surface area contributed by atoms with Gasteiger partial charge in [0.1, 0.15) is 5.75 Å². The molecular formula is C30H43NO3S. The minimum absolute atomic E-state index is 0.00210. The van der Waals surface area contributed by atoms with Gasteiger partial charge in [0.15, 0.2) is 0 Å². The van der Waals surface area contributed by atoms with Crippen LogP contribution in [0.3, 0.4) is 0 Å². The van der Waals surface area contributed by atoms with Gasteiger partial charge in [0.25, 0.3) is 0 Å². The first-order chi connectivity index (χ1) is 16.7. The molecule has 192 valence electrons. The Balaban J connectivity index is 1.17. The molecule has 0 atom stereocenters. The van der Waals surface area contributed by atoms with Crippen molar-refractivity contribution < 1.29 is 14.3 Å². The zero-order valence-corrected chi connectivity index (χ0v) is 22.8. The maximum atomic E-state index is 12.3. The molecule has 0 amide bonds. The van der Waals surface area contributed by atoms with E-state index in [4.69, 9.17) is 9.47 Å². The Bertz CT molecular complexity index is 1040. The quantitative estimate of drug-likeness (QED) is 0.439. The third-order valence-electron chi connectivity index (χ3n) is 9.33. The molecule has 2 bridgehead atoms. The highest BCUT2D eigenvalue weighted by atomic mass is 32.3. The fourth-order valence-corrected chi connectivity index (χ4v) is 8.46. The van der Waals surface area contributed by atoms with Crippen molar-refractivity contribution in [1.29, 1.82) is 0 Å². The van der Waals surface area contributed by atoms with E-state index in [2.05, 4.69) is 60.5 Å². The van der Waals surface area contributed by atoms with E-state index in [1.807, 2.05) is 0 Å². The molecule has 0 saturated heterocycles. The van der Waals surface area contributed by atoms with Gasteiger partial charge in [0.2, 0.25) is 0 Å². The lowest BCUT2D eigenvalue weighted by Gasteiger charge is -2.52. The maximum absolute atomic E-state index is 12.3. The molecule has 4 aliphatic rings. The zero-order chi connectivity index (χ0) is 24.7. The predicted octanol–water partition coefficient (Wildman–Crippen LogP) is 6.58. The molecule has 2 aromatic carbocycles. The van der Waals surface area contributed by atoms with Crippen molar-refractivity contribution in [3.05, 3.63) is 42.0 Å². The fourth-order valence-electron chi connectivity index (χ4n) is 6.77. The summed E-state index contributed by atoms with van der Waals surface area (Å²) in [5.74, 6) is 1.01. The molecule has 35 heavy (non-hydrogen) atoms. The van der Waals surface area contributed by atoms with Gasteiger partial charge in [-0.2, -0.15) is 0 Å². The van der Waals surface area contributed by atoms with Crippen LogP contribution >= 0.6 is 10.0 Å². The number of hydrogen-bond donors (Lipinski definition) is 1. The van der Waals surface area contributed by atoms with Gasteiger partial charge in [-0.25, -0.2) is 10.0 Å². The molecule has 4 fully saturated rings. The summed E-state index contributed by atoms with van der Waals surface area (Å²) in [5.41, 5.74) is 1.28. The Morgan fingerprint density at radius 3 is 2.17 bits per heavy atom. The van der Waals surface area contributed by atoms with Gasteiger partial charge < -0.3 is 14.8 Å². The number of ether oxygens (including phenoxy) is 2. The van der Waals surface area contributed by atoms with Gasteiger partial charge >= 0.3 is 5.97 Å². The Kier molecular flexibility index (Phi) is 6.86. The standard InChI is InChI=1S/C30H43NO3S/c1-33-28(32)29-13-16-30(17-14-29,18-15-29)31-21-22-5-6-24-20-26(8-7-23(24)19-22)34-25-9-11-27(12-10-25)35(2,3)4/h5-8,19-20,25,27,31H,9-18,21H2,1-4H3/t25-,27-,29?,30?. The molecule has 4 nitrogen and oxygen atoms in total. The molecule has 0 unspecified atom stereocenters. The highest BCUT2D eigenvalue weighted by Gasteiger charge is 2.52. The summed E-state index contributed by atoms with van der Waals surface area (Å²) < 4.78 is 11.5. The number of hydrogen-bond acceptors (Lipinski definition) is 4. The summed E-state index contributed by atoms with van der Waals surface area (Å²) in [6.45, 7) is 0.873. The lowest BCUT2D eigenvalue weighted by atomic mass is 9.57. The van der Waals surface area contributed by atoms with E-state index >= 15 is 0 Å². The van der Waals surface area contributed by atoms with Crippen molar-refractivity contribution in [3.63, 3.8) is 0 Å². The molecule has 0 aliphatic heterocycles. The van der Waals surface area contributed by atoms with E-state index < -0.39 is 10.0 Å². The molecule has 0 radical (unpaired) electrons. The van der Waals surface area contributed by atoms with Crippen LogP contribution in [0.25, 0.3) is 10.8 Å². The average molecular weight is 498 g/mol. The van der Waals surface area contributed by atoms with Crippen LogP contribution in [0.5, 0.6) is 5.75 Å². The largest absolute Gasteiger partial charge is 0.490 e. The van der Waals surface area contributed by atoms with Crippen LogP contribution in [0.15, 0.2) is 36.4 Å². The molecule has 4 aliphatic carbocycles. The average Bonchev–Trinajstić information content (AvgIpc) is 2.88. The van der Waals surface area contributed by atoms with Gasteiger partial charge in [-0.05, 0) is 123 Å². The van der Waals surface area contributed by atoms with Gasteiger partial charge in [0, 0.05) is 12.1 Å². The fraction of sp³-hybridized carbons (Fsp3) is 0.633. The van der Waals surface area contributed by atoms with Crippen molar-refractivity contribution in [1.82, 2.24) is 5.32 Å². The molecule has 0 aromatic heterocycles. The second-order valence-corrected chi connectivity index (χ2v) is 16.7. The van der Waals surface area contributed by atoms with Crippen molar-refractivity contribution in [2.45, 2.75) is 87.6 Å². The zero-order valence-electron chi connectivity index (χ0n) is 22.0. The van der Waals surface area contributed by atoms with E-state index in [1.54, 1.807) is 0 Å². The summed E-state index contributed by atoms with van der Waals surface area (Å²) in [7, 11) is 1.07. The maximum Gasteiger partial charge on any atom is 0.311 e. The van der Waals surface area contributed by atoms with Crippen LogP contribution < -0.4 is 10.1 Å². The second-order valence-electron chi connectivity index (χ2n) is 12.2. The number of nitrogens with one attached hydrogen (secondary N) is 1. The van der Waals surface area contributed by atoms with E-state index in [1.165, 1.54) is 49.1 Å². The highest BCUT2D eigenvalue weighted by molar-refractivity contribution is 8.32. The molecule has 5 heteroatoms. The van der Waals surface area contributed by atoms with E-state index in [-0.39, 0.29) is 16.9 Å². The number of methoxy groups -OCH3 is 1. The van der Waals surface area contributed by atoms with Crippen molar-refractivity contribution >= 4 is 26.8 Å². The lowest BCUT2D eigenvalue weighted by molar-refractivity contribution is -0.160. The Hall–Kier alpha value is -1.72. The monoisotopic (exact) mass is 497 g/mol. The van der Waals surface area contributed by atoms with E-state index in [9.17, 15) is 4.79 Å². The van der Waals surface area contributed by atoms with E-state index in [0.29, 0.717) is 6.10 Å². The van der Waals surface area contributed by atoms with Crippen LogP contribution in [0.4, 0.5) is 0 Å². The summed E-state index contributed by atoms with van der Waals surface area (Å²) >= 11 is 0. The third kappa shape index (κ3) is 5.22. The predicted molar refractivity (Wildman–Crippen MR) is 148 cm³/mol. The minimum Gasteiger partial charge on any atom is -0.490 e. The van der Waals surface area contributed by atoms with Crippen molar-refractivity contribution in [2.24, 2.45) is 5.41 Å². The minimum atomic E-state index is -0.457. The summed E-state index contributed by atoms with van der Waals surface area (Å²) in [4.78, 5) is 12.3. The molecule has 4 saturated carbocycles. The number of benzene rings is 2. The first-order valence-electron chi connectivity index (χ1n) is 13.4. The van der Waals surface area contributed by atoms with Gasteiger partial charge in [-0.1, -0.05) is 18.2 Å². The van der Waals surface area contributed by atoms with Gasteiger partial charge in [-0.15, -0.1) is 0 Å². The van der Waals surface area contributed by atoms with Crippen LogP contribution in [-0.4, -0.2) is 48.7 Å². The van der Waals surface area contributed by atoms with Crippen molar-refractivity contribution in [3.8, 4) is 5.75 Å². The SMILES string of the molecule is COC(=O)C12CCC(NCc3ccc4cc(O[C@H]5CC[C@H](S(C)(C)C)CC5)ccc4c3)(CC1)CC2. The molecule has 2 aromatic rings. The van der Waals surface area contributed by atoms with Gasteiger partial charge in [-0.3, -0.25) is 4.79 Å². The number of esters is 1. The molecule has 0 spiro atoms. The topological polar surface area (TPSA) is 47.6 Å². The van der Waals surface area contributed by atoms with Crippen LogP contribution in [0.1, 0.15) is 69.8 Å². The van der Waals surface area contributed by atoms with Crippen LogP contribution in [-0.2, 0) is 16.1 Å². The Morgan fingerprint density at radius 1 is 0.914 bits per heavy atom.